The van der Waals surface area contributed by atoms with E-state index in [0.717, 1.165) is 12.1 Å². The van der Waals surface area contributed by atoms with Crippen LogP contribution in [0.5, 0.6) is 5.75 Å². The first-order chi connectivity index (χ1) is 9.31. The number of hydrogen-bond donors (Lipinski definition) is 2. The van der Waals surface area contributed by atoms with E-state index in [-0.39, 0.29) is 37.2 Å². The summed E-state index contributed by atoms with van der Waals surface area (Å²) < 4.78 is 42.6. The van der Waals surface area contributed by atoms with Crippen LogP contribution in [0.15, 0.2) is 24.3 Å². The molecule has 1 aliphatic rings. The predicted octanol–water partition coefficient (Wildman–Crippen LogP) is 2.11. The van der Waals surface area contributed by atoms with Gasteiger partial charge in [-0.2, -0.15) is 13.2 Å². The number of nitrogens with one attached hydrogen (secondary N) is 1. The topological polar surface area (TPSA) is 64.4 Å². The molecule has 0 radical (unpaired) electrons. The Labute approximate surface area is 126 Å². The van der Waals surface area contributed by atoms with Gasteiger partial charge in [-0.1, -0.05) is 6.07 Å². The second-order valence-corrected chi connectivity index (χ2v) is 4.79. The third-order valence-corrected chi connectivity index (χ3v) is 3.06. The Balaban J connectivity index is 0.00000220. The molecule has 21 heavy (non-hydrogen) atoms. The second kappa shape index (κ2) is 6.53. The Morgan fingerprint density at radius 1 is 1.38 bits per heavy atom. The van der Waals surface area contributed by atoms with Crippen molar-refractivity contribution < 1.29 is 22.7 Å². The number of ether oxygens (including phenoxy) is 1. The monoisotopic (exact) mass is 324 g/mol. The van der Waals surface area contributed by atoms with Gasteiger partial charge in [-0.3, -0.25) is 4.79 Å². The molecule has 0 spiro atoms. The van der Waals surface area contributed by atoms with E-state index in [9.17, 15) is 18.0 Å². The molecule has 1 aromatic rings. The first-order valence-corrected chi connectivity index (χ1v) is 6.18. The average molecular weight is 325 g/mol. The summed E-state index contributed by atoms with van der Waals surface area (Å²) in [4.78, 5) is 11.5. The van der Waals surface area contributed by atoms with Gasteiger partial charge in [0.2, 0.25) is 5.91 Å². The Bertz CT molecular complexity index is 504. The molecule has 0 atom stereocenters. The number of alkyl halides is 3. The lowest BCUT2D eigenvalue weighted by Gasteiger charge is -2.12. The number of rotatable bonds is 5. The van der Waals surface area contributed by atoms with Crippen molar-refractivity contribution in [2.24, 2.45) is 5.73 Å². The molecule has 0 aliphatic heterocycles. The molecular formula is C13H16ClF3N2O2. The molecular weight excluding hydrogens is 309 g/mol. The molecule has 3 N–H and O–H groups in total. The molecule has 1 saturated carbocycles. The van der Waals surface area contributed by atoms with Crippen LogP contribution >= 0.6 is 12.4 Å². The quantitative estimate of drug-likeness (QED) is 0.815. The molecule has 118 valence electrons. The lowest BCUT2D eigenvalue weighted by Crippen LogP contribution is -2.44. The van der Waals surface area contributed by atoms with Crippen LogP contribution in [-0.4, -0.2) is 24.6 Å². The Morgan fingerprint density at radius 2 is 2.05 bits per heavy atom. The summed E-state index contributed by atoms with van der Waals surface area (Å²) in [6.07, 6.45) is -3.08. The van der Waals surface area contributed by atoms with Crippen molar-refractivity contribution in [3.8, 4) is 5.75 Å². The van der Waals surface area contributed by atoms with E-state index in [2.05, 4.69) is 5.32 Å². The highest BCUT2D eigenvalue weighted by Crippen LogP contribution is 2.32. The second-order valence-electron chi connectivity index (χ2n) is 4.79. The lowest BCUT2D eigenvalue weighted by molar-refractivity contribution is -0.137. The zero-order valence-corrected chi connectivity index (χ0v) is 11.9. The maximum atomic E-state index is 12.5. The zero-order valence-electron chi connectivity index (χ0n) is 11.1. The summed E-state index contributed by atoms with van der Waals surface area (Å²) in [6.45, 7) is 0.289. The normalized spacial score (nSPS) is 15.8. The molecule has 1 aliphatic carbocycles. The highest BCUT2D eigenvalue weighted by molar-refractivity contribution is 5.88. The molecule has 0 bridgehead atoms. The molecule has 1 aromatic carbocycles. The minimum atomic E-state index is -4.40. The summed E-state index contributed by atoms with van der Waals surface area (Å²) in [7, 11) is 0. The van der Waals surface area contributed by atoms with Crippen LogP contribution < -0.4 is 15.8 Å². The minimum Gasteiger partial charge on any atom is -0.492 e. The van der Waals surface area contributed by atoms with Crippen molar-refractivity contribution in [2.75, 3.05) is 13.2 Å². The molecule has 8 heteroatoms. The van der Waals surface area contributed by atoms with Gasteiger partial charge in [0.05, 0.1) is 17.6 Å². The van der Waals surface area contributed by atoms with Crippen molar-refractivity contribution in [3.63, 3.8) is 0 Å². The van der Waals surface area contributed by atoms with E-state index in [1.54, 1.807) is 0 Å². The fraction of sp³-hybridized carbons (Fsp3) is 0.462. The fourth-order valence-electron chi connectivity index (χ4n) is 1.63. The van der Waals surface area contributed by atoms with Crippen molar-refractivity contribution in [1.29, 1.82) is 0 Å². The Hall–Kier alpha value is -1.47. The molecule has 1 fully saturated rings. The van der Waals surface area contributed by atoms with Gasteiger partial charge in [0.15, 0.2) is 0 Å². The number of nitrogens with two attached hydrogens (primary N) is 1. The highest BCUT2D eigenvalue weighted by Gasteiger charge is 2.45. The third-order valence-electron chi connectivity index (χ3n) is 3.06. The average Bonchev–Trinajstić information content (AvgIpc) is 3.13. The smallest absolute Gasteiger partial charge is 0.416 e. The van der Waals surface area contributed by atoms with Gasteiger partial charge in [-0.05, 0) is 31.0 Å². The SMILES string of the molecule is Cl.NC1(C(=O)NCCOc2cccc(C(F)(F)F)c2)CC1. The summed E-state index contributed by atoms with van der Waals surface area (Å²) in [5.41, 5.74) is 4.15. The van der Waals surface area contributed by atoms with Crippen molar-refractivity contribution in [1.82, 2.24) is 5.32 Å². The van der Waals surface area contributed by atoms with Crippen LogP contribution in [-0.2, 0) is 11.0 Å². The molecule has 4 nitrogen and oxygen atoms in total. The number of benzene rings is 1. The summed E-state index contributed by atoms with van der Waals surface area (Å²) in [6, 6.07) is 4.60. The maximum Gasteiger partial charge on any atom is 0.416 e. The zero-order chi connectivity index (χ0) is 14.8. The summed E-state index contributed by atoms with van der Waals surface area (Å²) in [5.74, 6) is -0.131. The van der Waals surface area contributed by atoms with Crippen LogP contribution in [0.25, 0.3) is 0 Å². The van der Waals surface area contributed by atoms with E-state index in [4.69, 9.17) is 10.5 Å². The van der Waals surface area contributed by atoms with Crippen molar-refractivity contribution >= 4 is 18.3 Å². The van der Waals surface area contributed by atoms with Crippen LogP contribution in [0.1, 0.15) is 18.4 Å². The van der Waals surface area contributed by atoms with Gasteiger partial charge in [0, 0.05) is 0 Å². The van der Waals surface area contributed by atoms with Crippen LogP contribution in [0.4, 0.5) is 13.2 Å². The van der Waals surface area contributed by atoms with Crippen LogP contribution in [0, 0.1) is 0 Å². The van der Waals surface area contributed by atoms with Gasteiger partial charge < -0.3 is 15.8 Å². The molecule has 0 unspecified atom stereocenters. The minimum absolute atomic E-state index is 0. The summed E-state index contributed by atoms with van der Waals surface area (Å²) in [5, 5.41) is 2.59. The Morgan fingerprint density at radius 3 is 2.62 bits per heavy atom. The van der Waals surface area contributed by atoms with Gasteiger partial charge in [0.25, 0.3) is 0 Å². The van der Waals surface area contributed by atoms with Gasteiger partial charge in [0.1, 0.15) is 12.4 Å². The molecule has 2 rings (SSSR count). The highest BCUT2D eigenvalue weighted by atomic mass is 35.5. The predicted molar refractivity (Wildman–Crippen MR) is 73.3 cm³/mol. The fourth-order valence-corrected chi connectivity index (χ4v) is 1.63. The third kappa shape index (κ3) is 4.78. The first kappa shape index (κ1) is 17.6. The molecule has 0 saturated heterocycles. The van der Waals surface area contributed by atoms with Crippen molar-refractivity contribution in [3.05, 3.63) is 29.8 Å². The van der Waals surface area contributed by atoms with Gasteiger partial charge >= 0.3 is 6.18 Å². The van der Waals surface area contributed by atoms with Gasteiger partial charge in [-0.15, -0.1) is 12.4 Å². The Kier molecular flexibility index (Phi) is 5.47. The maximum absolute atomic E-state index is 12.5. The molecule has 0 heterocycles. The standard InChI is InChI=1S/C13H15F3N2O2.ClH/c14-13(15,16)9-2-1-3-10(8-9)20-7-6-18-11(19)12(17)4-5-12;/h1-3,8H,4-7,17H2,(H,18,19);1H. The number of amides is 1. The van der Waals surface area contributed by atoms with E-state index >= 15 is 0 Å². The first-order valence-electron chi connectivity index (χ1n) is 6.18. The number of halogens is 4. The van der Waals surface area contributed by atoms with E-state index < -0.39 is 17.3 Å². The number of carbonyl (C=O) groups is 1. The van der Waals surface area contributed by atoms with Crippen LogP contribution in [0.2, 0.25) is 0 Å². The van der Waals surface area contributed by atoms with Crippen LogP contribution in [0.3, 0.4) is 0 Å². The van der Waals surface area contributed by atoms with E-state index in [0.29, 0.717) is 12.8 Å². The lowest BCUT2D eigenvalue weighted by atomic mass is 10.2. The molecule has 1 amide bonds. The summed E-state index contributed by atoms with van der Waals surface area (Å²) >= 11 is 0. The van der Waals surface area contributed by atoms with E-state index in [1.165, 1.54) is 12.1 Å². The van der Waals surface area contributed by atoms with E-state index in [1.807, 2.05) is 0 Å². The number of hydrogen-bond acceptors (Lipinski definition) is 3. The van der Waals surface area contributed by atoms with Gasteiger partial charge in [-0.25, -0.2) is 0 Å². The molecule has 0 aromatic heterocycles. The largest absolute Gasteiger partial charge is 0.492 e. The number of carbonyl (C=O) groups excluding carboxylic acids is 1. The van der Waals surface area contributed by atoms with Crippen molar-refractivity contribution in [2.45, 2.75) is 24.6 Å².